The summed E-state index contributed by atoms with van der Waals surface area (Å²) in [6, 6.07) is -0.292. The Labute approximate surface area is 60.9 Å². The fourth-order valence-electron chi connectivity index (χ4n) is 0.640. The van der Waals surface area contributed by atoms with E-state index in [1.165, 1.54) is 7.05 Å². The third-order valence-corrected chi connectivity index (χ3v) is 2.04. The maximum Gasteiger partial charge on any atom is 0.349 e. The molecule has 0 aromatic carbocycles. The van der Waals surface area contributed by atoms with E-state index in [1.54, 1.807) is 13.8 Å². The van der Waals surface area contributed by atoms with Gasteiger partial charge in [0.15, 0.2) is 0 Å². The summed E-state index contributed by atoms with van der Waals surface area (Å²) in [5, 5.41) is 0. The first-order valence-electron chi connectivity index (χ1n) is 2.83. The van der Waals surface area contributed by atoms with Gasteiger partial charge < -0.3 is 0 Å². The molecule has 0 saturated heterocycles. The highest BCUT2D eigenvalue weighted by Gasteiger charge is 2.19. The molecule has 10 heavy (non-hydrogen) atoms. The van der Waals surface area contributed by atoms with Crippen molar-refractivity contribution in [1.29, 1.82) is 0 Å². The zero-order chi connectivity index (χ0) is 8.36. The van der Waals surface area contributed by atoms with Gasteiger partial charge >= 0.3 is 10.3 Å². The minimum atomic E-state index is -4.09. The van der Waals surface area contributed by atoms with Crippen molar-refractivity contribution in [1.82, 2.24) is 9.84 Å². The van der Waals surface area contributed by atoms with Crippen molar-refractivity contribution in [2.45, 2.75) is 19.9 Å². The maximum atomic E-state index is 10.4. The molecule has 0 aliphatic carbocycles. The monoisotopic (exact) mass is 168 g/mol. The van der Waals surface area contributed by atoms with E-state index in [4.69, 9.17) is 4.55 Å². The Hall–Kier alpha value is -0.170. The normalized spacial score (nSPS) is 13.0. The Balaban J connectivity index is 4.38. The van der Waals surface area contributed by atoms with Crippen LogP contribution in [-0.2, 0) is 10.3 Å². The van der Waals surface area contributed by atoms with Crippen molar-refractivity contribution >= 4 is 10.3 Å². The van der Waals surface area contributed by atoms with E-state index in [0.29, 0.717) is 0 Å². The lowest BCUT2D eigenvalue weighted by Gasteiger charge is -2.20. The zero-order valence-corrected chi connectivity index (χ0v) is 7.01. The molecule has 0 aliphatic heterocycles. The van der Waals surface area contributed by atoms with Gasteiger partial charge in [0, 0.05) is 6.04 Å². The van der Waals surface area contributed by atoms with Gasteiger partial charge in [0.25, 0.3) is 0 Å². The van der Waals surface area contributed by atoms with Crippen LogP contribution in [0.25, 0.3) is 0 Å². The Bertz CT molecular complexity index is 187. The molecule has 0 aromatic rings. The average Bonchev–Trinajstić information content (AvgIpc) is 1.60. The second-order valence-corrected chi connectivity index (χ2v) is 3.38. The fraction of sp³-hybridized carbons (Fsp3) is 1.00. The van der Waals surface area contributed by atoms with E-state index < -0.39 is 10.3 Å². The molecule has 0 saturated carbocycles. The summed E-state index contributed by atoms with van der Waals surface area (Å²) in [4.78, 5) is 0. The molecule has 0 bridgehead atoms. The summed E-state index contributed by atoms with van der Waals surface area (Å²) in [5.74, 6) is 0. The summed E-state index contributed by atoms with van der Waals surface area (Å²) in [6.45, 7) is 3.29. The number of nitrogens with zero attached hydrogens (tertiary/aromatic N) is 1. The Kier molecular flexibility index (Phi) is 3.23. The Morgan fingerprint density at radius 1 is 1.50 bits per heavy atom. The molecule has 0 fully saturated rings. The molecule has 62 valence electrons. The molecule has 0 aliphatic rings. The van der Waals surface area contributed by atoms with Crippen LogP contribution < -0.4 is 5.43 Å². The first-order valence-corrected chi connectivity index (χ1v) is 4.23. The zero-order valence-electron chi connectivity index (χ0n) is 6.20. The largest absolute Gasteiger partial charge is 0.349 e. The van der Waals surface area contributed by atoms with Crippen molar-refractivity contribution < 1.29 is 13.0 Å². The first kappa shape index (κ1) is 9.83. The van der Waals surface area contributed by atoms with Crippen LogP contribution >= 0.6 is 0 Å². The first-order chi connectivity index (χ1) is 4.39. The third-order valence-electron chi connectivity index (χ3n) is 0.938. The highest BCUT2D eigenvalue weighted by atomic mass is 32.2. The van der Waals surface area contributed by atoms with Crippen LogP contribution in [-0.4, -0.2) is 30.5 Å². The second kappa shape index (κ2) is 3.29. The highest BCUT2D eigenvalue weighted by molar-refractivity contribution is 7.83. The predicted octanol–water partition coefficient (Wildman–Crippen LogP) is -0.366. The summed E-state index contributed by atoms with van der Waals surface area (Å²) >= 11 is 0. The van der Waals surface area contributed by atoms with Crippen LogP contribution in [0.3, 0.4) is 0 Å². The Morgan fingerprint density at radius 3 is 1.90 bits per heavy atom. The molecule has 0 amide bonds. The van der Waals surface area contributed by atoms with Crippen molar-refractivity contribution in [3.63, 3.8) is 0 Å². The van der Waals surface area contributed by atoms with Gasteiger partial charge in [0.05, 0.1) is 0 Å². The number of hydrogen-bond donors (Lipinski definition) is 2. The molecule has 0 heterocycles. The van der Waals surface area contributed by atoms with Gasteiger partial charge in [-0.15, -0.1) is 4.41 Å². The molecule has 0 radical (unpaired) electrons. The van der Waals surface area contributed by atoms with E-state index >= 15 is 0 Å². The van der Waals surface area contributed by atoms with Gasteiger partial charge in [-0.05, 0) is 20.9 Å². The van der Waals surface area contributed by atoms with Gasteiger partial charge in [-0.3, -0.25) is 4.55 Å². The molecule has 2 N–H and O–H groups in total. The molecule has 0 spiro atoms. The van der Waals surface area contributed by atoms with Gasteiger partial charge in [-0.25, -0.2) is 5.43 Å². The molecule has 0 rings (SSSR count). The van der Waals surface area contributed by atoms with Gasteiger partial charge in [0.1, 0.15) is 0 Å². The van der Waals surface area contributed by atoms with Crippen molar-refractivity contribution in [2.75, 3.05) is 7.05 Å². The second-order valence-electron chi connectivity index (χ2n) is 2.09. The van der Waals surface area contributed by atoms with Crippen molar-refractivity contribution in [3.8, 4) is 0 Å². The topological polar surface area (TPSA) is 69.6 Å². The van der Waals surface area contributed by atoms with Crippen LogP contribution in [0.15, 0.2) is 0 Å². The van der Waals surface area contributed by atoms with E-state index in [2.05, 4.69) is 5.43 Å². The van der Waals surface area contributed by atoms with E-state index in [1.807, 2.05) is 0 Å². The standard InChI is InChI=1S/C4H12N2O3S/c1-4(2)6(5-3)10(7,8)9/h4-5H,1-3H3,(H,7,8,9). The van der Waals surface area contributed by atoms with Crippen LogP contribution in [0, 0.1) is 0 Å². The van der Waals surface area contributed by atoms with Crippen molar-refractivity contribution in [2.24, 2.45) is 0 Å². The van der Waals surface area contributed by atoms with Crippen LogP contribution in [0.2, 0.25) is 0 Å². The molecular weight excluding hydrogens is 156 g/mol. The summed E-state index contributed by atoms with van der Waals surface area (Å²) < 4.78 is 30.1. The van der Waals surface area contributed by atoms with Gasteiger partial charge in [-0.2, -0.15) is 8.42 Å². The highest BCUT2D eigenvalue weighted by Crippen LogP contribution is 1.97. The molecular formula is C4H12N2O3S. The SMILES string of the molecule is CNN(C(C)C)S(=O)(=O)O. The molecule has 5 nitrogen and oxygen atoms in total. The molecule has 0 unspecified atom stereocenters. The number of hydrogen-bond acceptors (Lipinski definition) is 3. The lowest BCUT2D eigenvalue weighted by Crippen LogP contribution is -2.44. The maximum absolute atomic E-state index is 10.4. The summed E-state index contributed by atoms with van der Waals surface area (Å²) in [5.41, 5.74) is 2.34. The summed E-state index contributed by atoms with van der Waals surface area (Å²) in [7, 11) is -2.67. The van der Waals surface area contributed by atoms with Crippen LogP contribution in [0.1, 0.15) is 13.8 Å². The molecule has 0 aromatic heterocycles. The van der Waals surface area contributed by atoms with Crippen LogP contribution in [0.4, 0.5) is 0 Å². The lowest BCUT2D eigenvalue weighted by molar-refractivity contribution is 0.258. The number of hydrazine groups is 1. The fourth-order valence-corrected chi connectivity index (χ4v) is 1.40. The minimum absolute atomic E-state index is 0.292. The van der Waals surface area contributed by atoms with E-state index in [-0.39, 0.29) is 6.04 Å². The summed E-state index contributed by atoms with van der Waals surface area (Å²) in [6.07, 6.45) is 0. The number of rotatable bonds is 3. The molecule has 6 heteroatoms. The smallest absolute Gasteiger partial charge is 0.272 e. The van der Waals surface area contributed by atoms with Crippen molar-refractivity contribution in [3.05, 3.63) is 0 Å². The van der Waals surface area contributed by atoms with E-state index in [9.17, 15) is 8.42 Å². The van der Waals surface area contributed by atoms with Gasteiger partial charge in [-0.1, -0.05) is 0 Å². The predicted molar refractivity (Wildman–Crippen MR) is 37.6 cm³/mol. The molecule has 0 atom stereocenters. The van der Waals surface area contributed by atoms with Crippen LogP contribution in [0.5, 0.6) is 0 Å². The average molecular weight is 168 g/mol. The van der Waals surface area contributed by atoms with Gasteiger partial charge in [0.2, 0.25) is 0 Å². The quantitative estimate of drug-likeness (QED) is 0.446. The lowest BCUT2D eigenvalue weighted by atomic mass is 10.4. The third kappa shape index (κ3) is 2.61. The van der Waals surface area contributed by atoms with E-state index in [0.717, 1.165) is 4.41 Å². The number of nitrogens with one attached hydrogen (secondary N) is 1. The Morgan fingerprint density at radius 2 is 1.90 bits per heavy atom. The minimum Gasteiger partial charge on any atom is -0.272 e.